The first-order valence-corrected chi connectivity index (χ1v) is 10.9. The van der Waals surface area contributed by atoms with E-state index in [9.17, 15) is 19.5 Å². The summed E-state index contributed by atoms with van der Waals surface area (Å²) < 4.78 is 0. The quantitative estimate of drug-likeness (QED) is 0.550. The number of rotatable bonds is 6. The number of fused-ring (bicyclic) bond motifs is 1. The molecule has 5 rings (SSSR count). The van der Waals surface area contributed by atoms with E-state index in [1.807, 2.05) is 30.3 Å². The molecule has 2 aliphatic rings. The Kier molecular flexibility index (Phi) is 5.61. The molecule has 172 valence electrons. The number of carbonyl (C=O) groups excluding carboxylic acids is 3. The first-order chi connectivity index (χ1) is 16.4. The smallest absolute Gasteiger partial charge is 0.261 e. The lowest BCUT2D eigenvalue weighted by Crippen LogP contribution is -2.36. The second kappa shape index (κ2) is 8.74. The van der Waals surface area contributed by atoms with Gasteiger partial charge in [-0.05, 0) is 41.0 Å². The average Bonchev–Trinajstić information content (AvgIpc) is 3.31. The van der Waals surface area contributed by atoms with Crippen LogP contribution in [-0.4, -0.2) is 38.9 Å². The van der Waals surface area contributed by atoms with E-state index in [0.29, 0.717) is 5.56 Å². The lowest BCUT2D eigenvalue weighted by Gasteiger charge is -2.27. The number of nitrogens with zero attached hydrogens (tertiary/aromatic N) is 2. The largest absolute Gasteiger partial charge is 0.508 e. The molecule has 0 saturated carbocycles. The van der Waals surface area contributed by atoms with Gasteiger partial charge in [-0.1, -0.05) is 54.6 Å². The van der Waals surface area contributed by atoms with Crippen molar-refractivity contribution in [1.29, 1.82) is 0 Å². The van der Waals surface area contributed by atoms with Gasteiger partial charge >= 0.3 is 0 Å². The number of hydroxylamine groups is 2. The van der Waals surface area contributed by atoms with Gasteiger partial charge in [-0.25, -0.2) is 0 Å². The fourth-order valence-corrected chi connectivity index (χ4v) is 4.58. The highest BCUT2D eigenvalue weighted by molar-refractivity contribution is 6.07. The molecular weight excluding hydrogens is 434 g/mol. The number of imide groups is 1. The van der Waals surface area contributed by atoms with Crippen LogP contribution in [0.2, 0.25) is 0 Å². The molecule has 3 atom stereocenters. The van der Waals surface area contributed by atoms with Gasteiger partial charge in [0.2, 0.25) is 11.8 Å². The number of hydrogen-bond acceptors (Lipinski definition) is 6. The average molecular weight is 457 g/mol. The number of phenolic OH excluding ortho intramolecular Hbond substituents is 1. The maximum atomic E-state index is 13.5. The van der Waals surface area contributed by atoms with E-state index in [-0.39, 0.29) is 30.7 Å². The van der Waals surface area contributed by atoms with E-state index in [4.69, 9.17) is 10.6 Å². The van der Waals surface area contributed by atoms with Crippen LogP contribution in [0.5, 0.6) is 5.75 Å². The summed E-state index contributed by atoms with van der Waals surface area (Å²) in [6, 6.07) is 22.1. The van der Waals surface area contributed by atoms with E-state index in [0.717, 1.165) is 16.7 Å². The van der Waals surface area contributed by atoms with Gasteiger partial charge in [0.25, 0.3) is 5.91 Å². The summed E-state index contributed by atoms with van der Waals surface area (Å²) in [6.07, 6.45) is -0.931. The van der Waals surface area contributed by atoms with Crippen molar-refractivity contribution < 1.29 is 24.3 Å². The van der Waals surface area contributed by atoms with Crippen molar-refractivity contribution in [2.75, 3.05) is 0 Å². The van der Waals surface area contributed by atoms with Crippen LogP contribution in [0.4, 0.5) is 0 Å². The van der Waals surface area contributed by atoms with Crippen molar-refractivity contribution >= 4 is 17.7 Å². The zero-order valence-corrected chi connectivity index (χ0v) is 18.2. The van der Waals surface area contributed by atoms with Crippen LogP contribution in [0.25, 0.3) is 0 Å². The highest BCUT2D eigenvalue weighted by Crippen LogP contribution is 2.45. The first-order valence-electron chi connectivity index (χ1n) is 10.9. The monoisotopic (exact) mass is 457 g/mol. The summed E-state index contributed by atoms with van der Waals surface area (Å²) in [4.78, 5) is 45.4. The van der Waals surface area contributed by atoms with Crippen LogP contribution < -0.4 is 5.73 Å². The van der Waals surface area contributed by atoms with Crippen LogP contribution >= 0.6 is 0 Å². The summed E-state index contributed by atoms with van der Waals surface area (Å²) in [5, 5.41) is 11.4. The van der Waals surface area contributed by atoms with Crippen LogP contribution in [0.1, 0.15) is 33.1 Å². The molecule has 3 amide bonds. The molecule has 0 aliphatic carbocycles. The maximum Gasteiger partial charge on any atom is 0.261 e. The van der Waals surface area contributed by atoms with Crippen LogP contribution in [0.3, 0.4) is 0 Å². The van der Waals surface area contributed by atoms with Crippen LogP contribution in [0, 0.1) is 5.92 Å². The Labute approximate surface area is 196 Å². The molecule has 0 radical (unpaired) electrons. The minimum atomic E-state index is -0.931. The van der Waals surface area contributed by atoms with Crippen molar-refractivity contribution in [2.24, 2.45) is 11.7 Å². The Balaban J connectivity index is 1.45. The van der Waals surface area contributed by atoms with Gasteiger partial charge in [-0.2, -0.15) is 5.06 Å². The number of carbonyl (C=O) groups is 3. The summed E-state index contributed by atoms with van der Waals surface area (Å²) in [5.41, 5.74) is 8.15. The molecule has 0 bridgehead atoms. The third kappa shape index (κ3) is 3.93. The molecule has 3 aromatic rings. The number of hydrogen-bond donors (Lipinski definition) is 2. The van der Waals surface area contributed by atoms with Crippen LogP contribution in [-0.2, 0) is 27.5 Å². The number of likely N-dealkylation sites (tertiary alicyclic amines) is 1. The lowest BCUT2D eigenvalue weighted by atomic mass is 9.90. The standard InChI is InChI=1S/C26H23N3O5/c27-24(31)19-8-6-17(7-9-19)15-29-22(18-10-12-20(30)13-11-18)21-23(34-29)26(33)28(25(21)32)14-16-4-2-1-3-5-16/h1-13,21-23,30H,14-15H2,(H2,27,31). The second-order valence-corrected chi connectivity index (χ2v) is 8.47. The Bertz CT molecular complexity index is 1230. The first kappa shape index (κ1) is 21.8. The van der Waals surface area contributed by atoms with E-state index < -0.39 is 24.0 Å². The predicted molar refractivity (Wildman–Crippen MR) is 122 cm³/mol. The Morgan fingerprint density at radius 1 is 0.853 bits per heavy atom. The normalized spacial score (nSPS) is 22.2. The fourth-order valence-electron chi connectivity index (χ4n) is 4.58. The van der Waals surface area contributed by atoms with Gasteiger partial charge in [-0.3, -0.25) is 24.1 Å². The Morgan fingerprint density at radius 3 is 2.15 bits per heavy atom. The summed E-state index contributed by atoms with van der Waals surface area (Å²) in [5.74, 6) is -1.79. The highest BCUT2D eigenvalue weighted by atomic mass is 16.7. The molecule has 3 aromatic carbocycles. The van der Waals surface area contributed by atoms with Crippen molar-refractivity contribution in [1.82, 2.24) is 9.96 Å². The topological polar surface area (TPSA) is 113 Å². The maximum absolute atomic E-state index is 13.5. The number of amides is 3. The van der Waals surface area contributed by atoms with Gasteiger partial charge in [0.05, 0.1) is 18.5 Å². The molecule has 8 nitrogen and oxygen atoms in total. The predicted octanol–water partition coefficient (Wildman–Crippen LogP) is 2.53. The Hall–Kier alpha value is -4.01. The Morgan fingerprint density at radius 2 is 1.50 bits per heavy atom. The van der Waals surface area contributed by atoms with Gasteiger partial charge in [0.15, 0.2) is 6.10 Å². The number of aromatic hydroxyl groups is 1. The third-order valence-corrected chi connectivity index (χ3v) is 6.28. The molecule has 8 heteroatoms. The van der Waals surface area contributed by atoms with Gasteiger partial charge in [-0.15, -0.1) is 0 Å². The zero-order valence-electron chi connectivity index (χ0n) is 18.2. The van der Waals surface area contributed by atoms with E-state index in [2.05, 4.69) is 0 Å². The van der Waals surface area contributed by atoms with Crippen molar-refractivity contribution in [3.05, 3.63) is 101 Å². The molecule has 2 fully saturated rings. The number of benzene rings is 3. The molecule has 3 unspecified atom stereocenters. The summed E-state index contributed by atoms with van der Waals surface area (Å²) in [7, 11) is 0. The van der Waals surface area contributed by atoms with E-state index in [1.165, 1.54) is 4.90 Å². The molecular formula is C26H23N3O5. The van der Waals surface area contributed by atoms with E-state index >= 15 is 0 Å². The number of phenols is 1. The molecule has 34 heavy (non-hydrogen) atoms. The zero-order chi connectivity index (χ0) is 23.8. The van der Waals surface area contributed by atoms with Crippen molar-refractivity contribution in [2.45, 2.75) is 25.2 Å². The number of primary amides is 1. The molecule has 0 aromatic heterocycles. The minimum Gasteiger partial charge on any atom is -0.508 e. The van der Waals surface area contributed by atoms with Crippen LogP contribution in [0.15, 0.2) is 78.9 Å². The molecule has 3 N–H and O–H groups in total. The van der Waals surface area contributed by atoms with Gasteiger partial charge < -0.3 is 10.8 Å². The minimum absolute atomic E-state index is 0.104. The molecule has 2 heterocycles. The number of nitrogens with two attached hydrogens (primary N) is 1. The molecule has 2 saturated heterocycles. The van der Waals surface area contributed by atoms with Gasteiger partial charge in [0, 0.05) is 12.1 Å². The SMILES string of the molecule is NC(=O)c1ccc(CN2OC3C(=O)N(Cc4ccccc4)C(=O)C3C2c2ccc(O)cc2)cc1. The highest BCUT2D eigenvalue weighted by Gasteiger charge is 2.59. The van der Waals surface area contributed by atoms with E-state index in [1.54, 1.807) is 53.6 Å². The second-order valence-electron chi connectivity index (χ2n) is 8.47. The molecule has 2 aliphatic heterocycles. The third-order valence-electron chi connectivity index (χ3n) is 6.28. The summed E-state index contributed by atoms with van der Waals surface area (Å²) in [6.45, 7) is 0.475. The summed E-state index contributed by atoms with van der Waals surface area (Å²) >= 11 is 0. The molecule has 0 spiro atoms. The lowest BCUT2D eigenvalue weighted by molar-refractivity contribution is -0.184. The van der Waals surface area contributed by atoms with Crippen molar-refractivity contribution in [3.63, 3.8) is 0 Å². The fraction of sp³-hybridized carbons (Fsp3) is 0.192. The van der Waals surface area contributed by atoms with Crippen molar-refractivity contribution in [3.8, 4) is 5.75 Å². The van der Waals surface area contributed by atoms with Gasteiger partial charge in [0.1, 0.15) is 5.75 Å².